The van der Waals surface area contributed by atoms with Gasteiger partial charge in [0, 0.05) is 4.88 Å². The second kappa shape index (κ2) is 4.32. The van der Waals surface area contributed by atoms with Gasteiger partial charge in [-0.2, -0.15) is 0 Å². The van der Waals surface area contributed by atoms with Gasteiger partial charge in [-0.1, -0.05) is 42.5 Å². The normalized spacial score (nSPS) is 12.8. The third kappa shape index (κ3) is 1.97. The smallest absolute Gasteiger partial charge is 0.113 e. The zero-order chi connectivity index (χ0) is 11.7. The van der Waals surface area contributed by atoms with Gasteiger partial charge in [-0.15, -0.1) is 11.3 Å². The maximum absolute atomic E-state index is 10.3. The van der Waals surface area contributed by atoms with E-state index in [0.29, 0.717) is 0 Å². The predicted molar refractivity (Wildman–Crippen MR) is 72.3 cm³/mol. The molecule has 0 saturated carbocycles. The lowest BCUT2D eigenvalue weighted by Gasteiger charge is -2.09. The molecule has 1 N–H and O–H groups in total. The topological polar surface area (TPSA) is 20.2 Å². The first kappa shape index (κ1) is 10.5. The zero-order valence-corrected chi connectivity index (χ0v) is 10.0. The Morgan fingerprint density at radius 2 is 1.71 bits per heavy atom. The van der Waals surface area contributed by atoms with Crippen LogP contribution in [0.3, 0.4) is 0 Å². The molecule has 84 valence electrons. The summed E-state index contributed by atoms with van der Waals surface area (Å²) in [6, 6.07) is 18.2. The molecule has 3 rings (SSSR count). The summed E-state index contributed by atoms with van der Waals surface area (Å²) < 4.78 is 0. The summed E-state index contributed by atoms with van der Waals surface area (Å²) in [6.07, 6.45) is -0.514. The minimum absolute atomic E-state index is 0.514. The molecular weight excluding hydrogens is 228 g/mol. The predicted octanol–water partition coefficient (Wildman–Crippen LogP) is 3.98. The maximum atomic E-state index is 10.3. The highest BCUT2D eigenvalue weighted by Crippen LogP contribution is 2.27. The van der Waals surface area contributed by atoms with E-state index in [0.717, 1.165) is 10.4 Å². The average Bonchev–Trinajstić information content (AvgIpc) is 2.91. The standard InChI is InChI=1S/C15H12OS/c16-15(14-6-3-9-17-14)13-8-7-11-4-1-2-5-12(11)10-13/h1-10,15-16H/t15-/m1/s1. The molecule has 0 radical (unpaired) electrons. The van der Waals surface area contributed by atoms with E-state index in [4.69, 9.17) is 0 Å². The van der Waals surface area contributed by atoms with Crippen LogP contribution in [0, 0.1) is 0 Å². The van der Waals surface area contributed by atoms with Crippen LogP contribution in [0.1, 0.15) is 16.5 Å². The van der Waals surface area contributed by atoms with Gasteiger partial charge < -0.3 is 5.11 Å². The van der Waals surface area contributed by atoms with Crippen molar-refractivity contribution < 1.29 is 5.11 Å². The van der Waals surface area contributed by atoms with Gasteiger partial charge in [0.05, 0.1) is 0 Å². The van der Waals surface area contributed by atoms with Crippen LogP contribution in [0.5, 0.6) is 0 Å². The van der Waals surface area contributed by atoms with E-state index < -0.39 is 6.10 Å². The molecule has 0 unspecified atom stereocenters. The number of rotatable bonds is 2. The zero-order valence-electron chi connectivity index (χ0n) is 9.21. The van der Waals surface area contributed by atoms with Crippen molar-refractivity contribution in [2.75, 3.05) is 0 Å². The Morgan fingerprint density at radius 1 is 0.882 bits per heavy atom. The van der Waals surface area contributed by atoms with Crippen molar-refractivity contribution >= 4 is 22.1 Å². The lowest BCUT2D eigenvalue weighted by molar-refractivity contribution is 0.224. The molecule has 3 aromatic rings. The Hall–Kier alpha value is -1.64. The summed E-state index contributed by atoms with van der Waals surface area (Å²) in [5.41, 5.74) is 0.950. The quantitative estimate of drug-likeness (QED) is 0.718. The van der Waals surface area contributed by atoms with E-state index in [2.05, 4.69) is 24.3 Å². The fourth-order valence-corrected chi connectivity index (χ4v) is 2.73. The second-order valence-corrected chi connectivity index (χ2v) is 5.00. The molecule has 2 heteroatoms. The number of thiophene rings is 1. The summed E-state index contributed by atoms with van der Waals surface area (Å²) in [5, 5.41) is 14.6. The monoisotopic (exact) mass is 240 g/mol. The van der Waals surface area contributed by atoms with E-state index in [1.807, 2.05) is 35.7 Å². The molecule has 1 heterocycles. The summed E-state index contributed by atoms with van der Waals surface area (Å²) in [6.45, 7) is 0. The average molecular weight is 240 g/mol. The highest BCUT2D eigenvalue weighted by Gasteiger charge is 2.11. The van der Waals surface area contributed by atoms with Gasteiger partial charge in [0.25, 0.3) is 0 Å². The van der Waals surface area contributed by atoms with Gasteiger partial charge in [0.15, 0.2) is 0 Å². The van der Waals surface area contributed by atoms with E-state index in [1.165, 1.54) is 10.8 Å². The molecule has 0 fully saturated rings. The summed E-state index contributed by atoms with van der Waals surface area (Å²) >= 11 is 1.58. The number of fused-ring (bicyclic) bond motifs is 1. The van der Waals surface area contributed by atoms with Gasteiger partial charge >= 0.3 is 0 Å². The maximum Gasteiger partial charge on any atom is 0.113 e. The van der Waals surface area contributed by atoms with Crippen molar-refractivity contribution in [3.63, 3.8) is 0 Å². The van der Waals surface area contributed by atoms with Crippen molar-refractivity contribution in [3.8, 4) is 0 Å². The number of hydrogen-bond donors (Lipinski definition) is 1. The summed E-state index contributed by atoms with van der Waals surface area (Å²) in [4.78, 5) is 0.986. The molecule has 0 spiro atoms. The molecule has 0 aliphatic rings. The Balaban J connectivity index is 2.06. The molecule has 0 aliphatic carbocycles. The molecular formula is C15H12OS. The third-order valence-corrected chi connectivity index (χ3v) is 3.83. The molecule has 0 aliphatic heterocycles. The minimum Gasteiger partial charge on any atom is -0.383 e. The first-order valence-corrected chi connectivity index (χ1v) is 6.43. The van der Waals surface area contributed by atoms with Crippen molar-refractivity contribution in [1.29, 1.82) is 0 Å². The van der Waals surface area contributed by atoms with Crippen LogP contribution in [-0.2, 0) is 0 Å². The SMILES string of the molecule is O[C@H](c1ccc2ccccc2c1)c1cccs1. The highest BCUT2D eigenvalue weighted by molar-refractivity contribution is 7.10. The van der Waals surface area contributed by atoms with Crippen LogP contribution in [-0.4, -0.2) is 5.11 Å². The first-order valence-electron chi connectivity index (χ1n) is 5.55. The van der Waals surface area contributed by atoms with Crippen LogP contribution in [0.15, 0.2) is 60.0 Å². The largest absolute Gasteiger partial charge is 0.383 e. The van der Waals surface area contributed by atoms with Crippen LogP contribution in [0.4, 0.5) is 0 Å². The minimum atomic E-state index is -0.514. The van der Waals surface area contributed by atoms with Crippen molar-refractivity contribution in [2.45, 2.75) is 6.10 Å². The van der Waals surface area contributed by atoms with Crippen LogP contribution >= 0.6 is 11.3 Å². The number of benzene rings is 2. The Bertz CT molecular complexity index is 628. The van der Waals surface area contributed by atoms with Gasteiger partial charge in [0.2, 0.25) is 0 Å². The molecule has 0 amide bonds. The lowest BCUT2D eigenvalue weighted by Crippen LogP contribution is -1.96. The van der Waals surface area contributed by atoms with Crippen LogP contribution < -0.4 is 0 Å². The molecule has 0 bridgehead atoms. The fourth-order valence-electron chi connectivity index (χ4n) is 1.99. The molecule has 2 aromatic carbocycles. The van der Waals surface area contributed by atoms with Crippen LogP contribution in [0.25, 0.3) is 10.8 Å². The highest BCUT2D eigenvalue weighted by atomic mass is 32.1. The Morgan fingerprint density at radius 3 is 2.47 bits per heavy atom. The third-order valence-electron chi connectivity index (χ3n) is 2.90. The van der Waals surface area contributed by atoms with Crippen LogP contribution in [0.2, 0.25) is 0 Å². The van der Waals surface area contributed by atoms with Gasteiger partial charge in [-0.3, -0.25) is 0 Å². The molecule has 1 aromatic heterocycles. The van der Waals surface area contributed by atoms with Gasteiger partial charge in [0.1, 0.15) is 6.10 Å². The van der Waals surface area contributed by atoms with Gasteiger partial charge in [-0.25, -0.2) is 0 Å². The first-order chi connectivity index (χ1) is 8.34. The Labute approximate surface area is 104 Å². The number of aliphatic hydroxyl groups is 1. The van der Waals surface area contributed by atoms with Gasteiger partial charge in [-0.05, 0) is 33.8 Å². The van der Waals surface area contributed by atoms with E-state index in [1.54, 1.807) is 11.3 Å². The molecule has 17 heavy (non-hydrogen) atoms. The molecule has 1 nitrogen and oxygen atoms in total. The van der Waals surface area contributed by atoms with E-state index in [-0.39, 0.29) is 0 Å². The Kier molecular flexibility index (Phi) is 2.67. The summed E-state index contributed by atoms with van der Waals surface area (Å²) in [7, 11) is 0. The van der Waals surface area contributed by atoms with Crippen molar-refractivity contribution in [3.05, 3.63) is 70.4 Å². The number of hydrogen-bond acceptors (Lipinski definition) is 2. The van der Waals surface area contributed by atoms with Crippen molar-refractivity contribution in [1.82, 2.24) is 0 Å². The number of aliphatic hydroxyl groups excluding tert-OH is 1. The lowest BCUT2D eigenvalue weighted by atomic mass is 10.0. The van der Waals surface area contributed by atoms with E-state index >= 15 is 0 Å². The van der Waals surface area contributed by atoms with E-state index in [9.17, 15) is 5.11 Å². The fraction of sp³-hybridized carbons (Fsp3) is 0.0667. The van der Waals surface area contributed by atoms with Crippen molar-refractivity contribution in [2.24, 2.45) is 0 Å². The summed E-state index contributed by atoms with van der Waals surface area (Å²) in [5.74, 6) is 0. The second-order valence-electron chi connectivity index (χ2n) is 4.02. The molecule has 0 saturated heterocycles. The molecule has 1 atom stereocenters.